The van der Waals surface area contributed by atoms with Crippen LogP contribution in [0.2, 0.25) is 0 Å². The van der Waals surface area contributed by atoms with Gasteiger partial charge in [0, 0.05) is 13.0 Å². The van der Waals surface area contributed by atoms with Gasteiger partial charge in [0.15, 0.2) is 5.82 Å². The summed E-state index contributed by atoms with van der Waals surface area (Å²) < 4.78 is 2.27. The highest BCUT2D eigenvalue weighted by Gasteiger charge is 2.20. The van der Waals surface area contributed by atoms with Gasteiger partial charge in [0.2, 0.25) is 0 Å². The third-order valence-corrected chi connectivity index (χ3v) is 3.81. The topological polar surface area (TPSA) is 30.7 Å². The molecule has 0 amide bonds. The Morgan fingerprint density at radius 1 is 1.47 bits per heavy atom. The van der Waals surface area contributed by atoms with E-state index < -0.39 is 0 Å². The predicted molar refractivity (Wildman–Crippen MR) is 60.8 cm³/mol. The van der Waals surface area contributed by atoms with Gasteiger partial charge in [-0.3, -0.25) is 0 Å². The zero-order chi connectivity index (χ0) is 10.3. The molecule has 78 valence electrons. The van der Waals surface area contributed by atoms with Crippen LogP contribution in [0.4, 0.5) is 0 Å². The van der Waals surface area contributed by atoms with Crippen molar-refractivity contribution in [2.24, 2.45) is 5.92 Å². The van der Waals surface area contributed by atoms with E-state index in [-0.39, 0.29) is 0 Å². The molecular formula is C11H13N3S. The fourth-order valence-electron chi connectivity index (χ4n) is 2.07. The number of nitrogens with zero attached hydrogens (tertiary/aromatic N) is 3. The zero-order valence-corrected chi connectivity index (χ0v) is 9.50. The van der Waals surface area contributed by atoms with Crippen LogP contribution in [0.25, 0.3) is 10.7 Å². The summed E-state index contributed by atoms with van der Waals surface area (Å²) in [6.07, 6.45) is 2.31. The van der Waals surface area contributed by atoms with Crippen LogP contribution in [0.15, 0.2) is 17.5 Å². The number of fused-ring (bicyclic) bond motifs is 1. The highest BCUT2D eigenvalue weighted by molar-refractivity contribution is 7.13. The quantitative estimate of drug-likeness (QED) is 0.738. The molecular weight excluding hydrogens is 206 g/mol. The van der Waals surface area contributed by atoms with E-state index in [0.717, 1.165) is 30.5 Å². The van der Waals surface area contributed by atoms with Gasteiger partial charge in [-0.05, 0) is 23.8 Å². The molecule has 1 aliphatic heterocycles. The van der Waals surface area contributed by atoms with Crippen LogP contribution in [0, 0.1) is 5.92 Å². The fourth-order valence-corrected chi connectivity index (χ4v) is 2.79. The first kappa shape index (κ1) is 9.09. The lowest BCUT2D eigenvalue weighted by Crippen LogP contribution is -2.17. The van der Waals surface area contributed by atoms with Crippen LogP contribution >= 0.6 is 11.3 Å². The van der Waals surface area contributed by atoms with E-state index in [0.29, 0.717) is 0 Å². The van der Waals surface area contributed by atoms with Gasteiger partial charge in [-0.25, -0.2) is 0 Å². The maximum atomic E-state index is 4.30. The minimum absolute atomic E-state index is 0.748. The first-order valence-electron chi connectivity index (χ1n) is 5.30. The Morgan fingerprint density at radius 3 is 3.20 bits per heavy atom. The van der Waals surface area contributed by atoms with Crippen LogP contribution in [0.5, 0.6) is 0 Å². The largest absolute Gasteiger partial charge is 0.310 e. The smallest absolute Gasteiger partial charge is 0.174 e. The lowest BCUT2D eigenvalue weighted by molar-refractivity contribution is 0.411. The van der Waals surface area contributed by atoms with Crippen molar-refractivity contribution < 1.29 is 0 Å². The summed E-state index contributed by atoms with van der Waals surface area (Å²) in [5.41, 5.74) is 0. The lowest BCUT2D eigenvalue weighted by Gasteiger charge is -2.19. The van der Waals surface area contributed by atoms with Crippen molar-refractivity contribution in [2.45, 2.75) is 26.3 Å². The molecule has 3 rings (SSSR count). The molecule has 0 spiro atoms. The summed E-state index contributed by atoms with van der Waals surface area (Å²) in [6.45, 7) is 3.35. The SMILES string of the molecule is CC1CCn2c(nnc2-c2cccs2)C1. The Kier molecular flexibility index (Phi) is 2.09. The average molecular weight is 219 g/mol. The third-order valence-electron chi connectivity index (χ3n) is 2.95. The summed E-state index contributed by atoms with van der Waals surface area (Å²) in [4.78, 5) is 1.23. The highest BCUT2D eigenvalue weighted by Crippen LogP contribution is 2.27. The van der Waals surface area contributed by atoms with Crippen molar-refractivity contribution in [3.8, 4) is 10.7 Å². The molecule has 1 aliphatic rings. The van der Waals surface area contributed by atoms with Crippen molar-refractivity contribution in [3.63, 3.8) is 0 Å². The molecule has 0 aromatic carbocycles. The first-order chi connectivity index (χ1) is 7.34. The van der Waals surface area contributed by atoms with Gasteiger partial charge < -0.3 is 4.57 Å². The van der Waals surface area contributed by atoms with Crippen molar-refractivity contribution >= 4 is 11.3 Å². The van der Waals surface area contributed by atoms with E-state index in [2.05, 4.69) is 39.2 Å². The summed E-state index contributed by atoms with van der Waals surface area (Å²) >= 11 is 1.73. The molecule has 2 aromatic heterocycles. The van der Waals surface area contributed by atoms with Crippen molar-refractivity contribution in [1.82, 2.24) is 14.8 Å². The van der Waals surface area contributed by atoms with E-state index in [1.165, 1.54) is 11.3 Å². The Morgan fingerprint density at radius 2 is 2.40 bits per heavy atom. The van der Waals surface area contributed by atoms with Gasteiger partial charge in [-0.2, -0.15) is 0 Å². The molecule has 0 aliphatic carbocycles. The van der Waals surface area contributed by atoms with E-state index >= 15 is 0 Å². The number of thiophene rings is 1. The minimum atomic E-state index is 0.748. The first-order valence-corrected chi connectivity index (χ1v) is 6.18. The minimum Gasteiger partial charge on any atom is -0.310 e. The standard InChI is InChI=1S/C11H13N3S/c1-8-4-5-14-10(7-8)12-13-11(14)9-3-2-6-15-9/h2-3,6,8H,4-5,7H2,1H3. The normalized spacial score (nSPS) is 20.2. The number of hydrogen-bond donors (Lipinski definition) is 0. The van der Waals surface area contributed by atoms with Crippen LogP contribution in [0.3, 0.4) is 0 Å². The Labute approximate surface area is 92.8 Å². The molecule has 0 N–H and O–H groups in total. The molecule has 1 atom stereocenters. The van der Waals surface area contributed by atoms with Crippen LogP contribution in [0.1, 0.15) is 19.2 Å². The maximum absolute atomic E-state index is 4.30. The van der Waals surface area contributed by atoms with Gasteiger partial charge in [0.1, 0.15) is 5.82 Å². The monoisotopic (exact) mass is 219 g/mol. The number of aromatic nitrogens is 3. The molecule has 0 saturated carbocycles. The van der Waals surface area contributed by atoms with Crippen molar-refractivity contribution in [3.05, 3.63) is 23.3 Å². The number of rotatable bonds is 1. The van der Waals surface area contributed by atoms with E-state index in [1.54, 1.807) is 11.3 Å². The van der Waals surface area contributed by atoms with Gasteiger partial charge >= 0.3 is 0 Å². The summed E-state index contributed by atoms with van der Waals surface area (Å²) in [5.74, 6) is 2.95. The molecule has 2 aromatic rings. The van der Waals surface area contributed by atoms with Gasteiger partial charge in [-0.15, -0.1) is 21.5 Å². The van der Waals surface area contributed by atoms with Gasteiger partial charge in [0.25, 0.3) is 0 Å². The van der Waals surface area contributed by atoms with Gasteiger partial charge in [0.05, 0.1) is 4.88 Å². The lowest BCUT2D eigenvalue weighted by atomic mass is 10.0. The summed E-state index contributed by atoms with van der Waals surface area (Å²) in [7, 11) is 0. The van der Waals surface area contributed by atoms with Crippen molar-refractivity contribution in [2.75, 3.05) is 0 Å². The second-order valence-corrected chi connectivity index (χ2v) is 5.11. The van der Waals surface area contributed by atoms with Crippen LogP contribution < -0.4 is 0 Å². The molecule has 15 heavy (non-hydrogen) atoms. The zero-order valence-electron chi connectivity index (χ0n) is 8.68. The third kappa shape index (κ3) is 1.49. The van der Waals surface area contributed by atoms with Crippen LogP contribution in [-0.2, 0) is 13.0 Å². The van der Waals surface area contributed by atoms with E-state index in [9.17, 15) is 0 Å². The second-order valence-electron chi connectivity index (χ2n) is 4.17. The Balaban J connectivity index is 2.05. The van der Waals surface area contributed by atoms with E-state index in [1.807, 2.05) is 0 Å². The van der Waals surface area contributed by atoms with E-state index in [4.69, 9.17) is 0 Å². The predicted octanol–water partition coefficient (Wildman–Crippen LogP) is 2.59. The highest BCUT2D eigenvalue weighted by atomic mass is 32.1. The van der Waals surface area contributed by atoms with Gasteiger partial charge in [-0.1, -0.05) is 13.0 Å². The summed E-state index contributed by atoms with van der Waals surface area (Å²) in [6, 6.07) is 4.17. The average Bonchev–Trinajstić information content (AvgIpc) is 2.82. The molecule has 4 heteroatoms. The Hall–Kier alpha value is -1.16. The molecule has 0 bridgehead atoms. The molecule has 1 unspecified atom stereocenters. The maximum Gasteiger partial charge on any atom is 0.174 e. The number of hydrogen-bond acceptors (Lipinski definition) is 3. The van der Waals surface area contributed by atoms with Crippen LogP contribution in [-0.4, -0.2) is 14.8 Å². The fraction of sp³-hybridized carbons (Fsp3) is 0.455. The molecule has 0 fully saturated rings. The molecule has 3 heterocycles. The Bertz CT molecular complexity index is 458. The summed E-state index contributed by atoms with van der Waals surface area (Å²) in [5, 5.41) is 10.7. The molecule has 3 nitrogen and oxygen atoms in total. The second kappa shape index (κ2) is 3.45. The molecule has 0 radical (unpaired) electrons. The molecule has 0 saturated heterocycles. The van der Waals surface area contributed by atoms with Crippen molar-refractivity contribution in [1.29, 1.82) is 0 Å².